The van der Waals surface area contributed by atoms with Gasteiger partial charge in [0.1, 0.15) is 11.8 Å². The predicted octanol–water partition coefficient (Wildman–Crippen LogP) is 2.26. The topological polar surface area (TPSA) is 273 Å². The van der Waals surface area contributed by atoms with E-state index in [4.69, 9.17) is 29.4 Å². The first-order chi connectivity index (χ1) is 29.6. The van der Waals surface area contributed by atoms with Gasteiger partial charge in [0.2, 0.25) is 16.8 Å². The highest BCUT2D eigenvalue weighted by atomic mass is 16.5. The summed E-state index contributed by atoms with van der Waals surface area (Å²) in [6, 6.07) is 5.12. The van der Waals surface area contributed by atoms with Gasteiger partial charge in [0.25, 0.3) is 11.5 Å². The number of carbonyl (C=O) groups is 3. The molecule has 1 atom stereocenters. The number of aromatic nitrogens is 4. The fraction of sp³-hybridized carbons (Fsp3) is 0.548. The van der Waals surface area contributed by atoms with Crippen molar-refractivity contribution < 1.29 is 43.2 Å². The summed E-state index contributed by atoms with van der Waals surface area (Å²) < 4.78 is 27.1. The van der Waals surface area contributed by atoms with E-state index in [9.17, 15) is 33.9 Å². The molecule has 0 bridgehead atoms. The number of unbranched alkanes of at least 4 members (excludes halogenated alkanes) is 3. The van der Waals surface area contributed by atoms with Gasteiger partial charge in [0.15, 0.2) is 11.2 Å². The van der Waals surface area contributed by atoms with Gasteiger partial charge in [0, 0.05) is 62.1 Å². The number of aliphatic carboxylic acids is 1. The molecule has 61 heavy (non-hydrogen) atoms. The number of hydrogen-bond acceptors (Lipinski definition) is 16. The highest BCUT2D eigenvalue weighted by Crippen LogP contribution is 2.14. The third kappa shape index (κ3) is 16.8. The Hall–Kier alpha value is -5.47. The molecule has 2 heterocycles. The molecule has 0 aliphatic rings. The number of anilines is 2. The summed E-state index contributed by atoms with van der Waals surface area (Å²) in [6.07, 6.45) is 7.34. The molecule has 1 amide bonds. The lowest BCUT2D eigenvalue weighted by Crippen LogP contribution is -2.41. The Morgan fingerprint density at radius 3 is 1.92 bits per heavy atom. The molecule has 2 aromatic carbocycles. The van der Waals surface area contributed by atoms with Gasteiger partial charge in [-0.2, -0.15) is 4.98 Å². The smallest absolute Gasteiger partial charge is 0.326 e. The number of methoxy groups -OCH3 is 1. The number of carboxylic acid groups (broad SMARTS) is 1. The molecule has 0 aliphatic carbocycles. The second kappa shape index (κ2) is 26.7. The Morgan fingerprint density at radius 2 is 1.33 bits per heavy atom. The van der Waals surface area contributed by atoms with Gasteiger partial charge in [-0.05, 0) is 82.1 Å². The summed E-state index contributed by atoms with van der Waals surface area (Å²) in [5, 5.41) is 15.3. The first kappa shape index (κ1) is 48.2. The van der Waals surface area contributed by atoms with Crippen molar-refractivity contribution in [1.29, 1.82) is 0 Å². The molecule has 4 aromatic rings. The molecule has 6 N–H and O–H groups in total. The highest BCUT2D eigenvalue weighted by molar-refractivity contribution is 5.97. The van der Waals surface area contributed by atoms with Gasteiger partial charge < -0.3 is 45.2 Å². The van der Waals surface area contributed by atoms with Crippen molar-refractivity contribution in [2.75, 3.05) is 77.6 Å². The maximum atomic E-state index is 12.8. The minimum Gasteiger partial charge on any atom is -0.480 e. The maximum absolute atomic E-state index is 12.8. The molecular weight excluding hydrogens is 794 g/mol. The lowest BCUT2D eigenvalue weighted by atomic mass is 9.92. The van der Waals surface area contributed by atoms with Crippen molar-refractivity contribution in [3.8, 4) is 0 Å². The van der Waals surface area contributed by atoms with Crippen molar-refractivity contribution in [2.45, 2.75) is 83.2 Å². The number of hydrogen-bond donors (Lipinski definition) is 5. The zero-order valence-electron chi connectivity index (χ0n) is 34.7. The lowest BCUT2D eigenvalue weighted by molar-refractivity contribution is -0.139. The molecule has 19 nitrogen and oxygen atoms in total. The first-order valence-corrected chi connectivity index (χ1v) is 20.6. The van der Waals surface area contributed by atoms with E-state index in [0.29, 0.717) is 108 Å². The summed E-state index contributed by atoms with van der Waals surface area (Å²) in [7, 11) is 1.62. The van der Waals surface area contributed by atoms with E-state index < -0.39 is 23.5 Å². The molecule has 332 valence electrons. The zero-order valence-corrected chi connectivity index (χ0v) is 34.7. The van der Waals surface area contributed by atoms with Crippen molar-refractivity contribution in [3.63, 3.8) is 0 Å². The Morgan fingerprint density at radius 1 is 0.754 bits per heavy atom. The summed E-state index contributed by atoms with van der Waals surface area (Å²) in [5.41, 5.74) is 7.23. The van der Waals surface area contributed by atoms with Crippen LogP contribution in [0.2, 0.25) is 0 Å². The summed E-state index contributed by atoms with van der Waals surface area (Å²) in [4.78, 5) is 87.9. The zero-order chi connectivity index (χ0) is 43.8. The largest absolute Gasteiger partial charge is 0.480 e. The maximum Gasteiger partial charge on any atom is 0.326 e. The van der Waals surface area contributed by atoms with Gasteiger partial charge in [-0.1, -0.05) is 0 Å². The third-order valence-electron chi connectivity index (χ3n) is 9.64. The van der Waals surface area contributed by atoms with Crippen LogP contribution in [-0.2, 0) is 52.7 Å². The number of ketones is 1. The predicted molar refractivity (Wildman–Crippen MR) is 225 cm³/mol. The number of nitrogens with one attached hydrogen (secondary N) is 3. The standard InChI is InChI=1S/C42H57N7O12/c1-57-20-21-58-18-6-3-9-32-33(37(52)36(32)51)10-4-7-19-60-23-25-61-24-22-59-17-5-2-8-31(50)15-16-34(41(55)56)47-39(53)28-11-13-29(14-12-28)44-26-30-27-45-38-35(46-30)40(54)49-42(43)48-38/h11-14,27,34,44H,2-10,15-26H2,1H3,(H,47,53)(H,55,56)(H3,43,45,48,49,54)/t34-/m0/s1. The summed E-state index contributed by atoms with van der Waals surface area (Å²) >= 11 is 0. The van der Waals surface area contributed by atoms with E-state index in [1.54, 1.807) is 19.2 Å². The molecule has 2 aromatic heterocycles. The fourth-order valence-corrected chi connectivity index (χ4v) is 6.26. The number of amides is 1. The molecule has 4 rings (SSSR count). The SMILES string of the molecule is COCCOCCCCc1c(CCCCOCCOCCOCCCCC(=O)CC[C@H](NC(=O)c2ccc(NCc3cnc4nc(N)[nH]c(=O)c4n3)cc2)C(=O)O)c(=O)c1=O. The number of aromatic amines is 1. The van der Waals surface area contributed by atoms with Crippen LogP contribution in [0.15, 0.2) is 44.8 Å². The summed E-state index contributed by atoms with van der Waals surface area (Å²) in [6.45, 7) is 4.58. The summed E-state index contributed by atoms with van der Waals surface area (Å²) in [5.74, 6) is -1.97. The number of nitrogens with two attached hydrogens (primary N) is 1. The van der Waals surface area contributed by atoms with E-state index in [1.165, 1.54) is 18.3 Å². The van der Waals surface area contributed by atoms with Gasteiger partial charge in [0.05, 0.1) is 58.1 Å². The number of carboxylic acids is 1. The van der Waals surface area contributed by atoms with Crippen LogP contribution in [0.1, 0.15) is 85.0 Å². The first-order valence-electron chi connectivity index (χ1n) is 20.6. The van der Waals surface area contributed by atoms with Crippen molar-refractivity contribution in [3.05, 3.63) is 83.6 Å². The number of nitrogens with zero attached hydrogens (tertiary/aromatic N) is 3. The molecule has 0 saturated carbocycles. The number of H-pyrrole nitrogens is 1. The molecule has 0 aliphatic heterocycles. The average Bonchev–Trinajstić information content (AvgIpc) is 3.25. The Kier molecular flexibility index (Phi) is 21.1. The second-order valence-corrected chi connectivity index (χ2v) is 14.3. The number of benzene rings is 1. The molecule has 0 fully saturated rings. The fourth-order valence-electron chi connectivity index (χ4n) is 6.26. The van der Waals surface area contributed by atoms with Gasteiger partial charge in [-0.15, -0.1) is 0 Å². The molecule has 0 spiro atoms. The number of nitrogen functional groups attached to an aromatic ring is 1. The minimum atomic E-state index is -1.23. The van der Waals surface area contributed by atoms with Gasteiger partial charge >= 0.3 is 5.97 Å². The normalized spacial score (nSPS) is 11.9. The van der Waals surface area contributed by atoms with E-state index in [0.717, 1.165) is 25.7 Å². The van der Waals surface area contributed by atoms with Crippen LogP contribution in [0.5, 0.6) is 0 Å². The molecule has 0 unspecified atom stereocenters. The van der Waals surface area contributed by atoms with E-state index in [2.05, 4.69) is 30.6 Å². The van der Waals surface area contributed by atoms with E-state index in [-0.39, 0.29) is 65.1 Å². The van der Waals surface area contributed by atoms with Crippen LogP contribution >= 0.6 is 0 Å². The molecule has 0 radical (unpaired) electrons. The van der Waals surface area contributed by atoms with Crippen LogP contribution in [-0.4, -0.2) is 115 Å². The van der Waals surface area contributed by atoms with Crippen molar-refractivity contribution in [2.24, 2.45) is 0 Å². The number of carbonyl (C=O) groups excluding carboxylic acids is 2. The molecule has 0 saturated heterocycles. The highest BCUT2D eigenvalue weighted by Gasteiger charge is 2.22. The number of rotatable bonds is 33. The van der Waals surface area contributed by atoms with Crippen LogP contribution in [0.3, 0.4) is 0 Å². The Bertz CT molecular complexity index is 2120. The van der Waals surface area contributed by atoms with E-state index >= 15 is 0 Å². The second-order valence-electron chi connectivity index (χ2n) is 14.3. The number of Topliss-reactive ketones (excluding diaryl/α,β-unsaturated/α-hetero) is 1. The van der Waals surface area contributed by atoms with Crippen LogP contribution in [0.25, 0.3) is 11.2 Å². The van der Waals surface area contributed by atoms with Gasteiger partial charge in [-0.3, -0.25) is 29.0 Å². The monoisotopic (exact) mass is 851 g/mol. The Balaban J connectivity index is 0.970. The molecule has 19 heteroatoms. The van der Waals surface area contributed by atoms with Crippen LogP contribution < -0.4 is 32.8 Å². The Labute approximate surface area is 352 Å². The van der Waals surface area contributed by atoms with Crippen molar-refractivity contribution in [1.82, 2.24) is 25.3 Å². The minimum absolute atomic E-state index is 0.0106. The van der Waals surface area contributed by atoms with Gasteiger partial charge in [-0.25, -0.2) is 14.8 Å². The average molecular weight is 852 g/mol. The van der Waals surface area contributed by atoms with Crippen LogP contribution in [0.4, 0.5) is 11.6 Å². The number of fused-ring (bicyclic) bond motifs is 1. The number of ether oxygens (including phenoxy) is 5. The van der Waals surface area contributed by atoms with Crippen LogP contribution in [0, 0.1) is 0 Å². The van der Waals surface area contributed by atoms with E-state index in [1.807, 2.05) is 0 Å². The molecular formula is C42H57N7O12. The lowest BCUT2D eigenvalue weighted by Gasteiger charge is -2.14. The van der Waals surface area contributed by atoms with Crippen molar-refractivity contribution >= 4 is 40.5 Å². The quantitative estimate of drug-likeness (QED) is 0.0340. The third-order valence-corrected chi connectivity index (χ3v) is 9.64.